The van der Waals surface area contributed by atoms with Crippen LogP contribution in [0.1, 0.15) is 28.7 Å². The van der Waals surface area contributed by atoms with Crippen LogP contribution >= 0.6 is 11.3 Å². The molecule has 0 spiro atoms. The molecule has 2 heterocycles. The summed E-state index contributed by atoms with van der Waals surface area (Å²) >= 11 is 1.56. The zero-order valence-corrected chi connectivity index (χ0v) is 12.0. The van der Waals surface area contributed by atoms with Gasteiger partial charge in [0.15, 0.2) is 5.60 Å². The van der Waals surface area contributed by atoms with Crippen molar-refractivity contribution in [1.82, 2.24) is 0 Å². The van der Waals surface area contributed by atoms with Crippen LogP contribution in [0.4, 0.5) is 0 Å². The number of para-hydroxylation sites is 1. The predicted octanol–water partition coefficient (Wildman–Crippen LogP) is 4.37. The highest BCUT2D eigenvalue weighted by molar-refractivity contribution is 7.10. The first kappa shape index (κ1) is 12.5. The molecular weight excluding hydrogens is 256 g/mol. The minimum Gasteiger partial charge on any atom is -0.457 e. The Labute approximate surface area is 116 Å². The van der Waals surface area contributed by atoms with Gasteiger partial charge in [0, 0.05) is 10.3 Å². The second kappa shape index (κ2) is 4.22. The molecule has 0 saturated carbocycles. The van der Waals surface area contributed by atoms with E-state index in [2.05, 4.69) is 0 Å². The van der Waals surface area contributed by atoms with Gasteiger partial charge in [-0.15, -0.1) is 11.3 Å². The van der Waals surface area contributed by atoms with Gasteiger partial charge in [0.1, 0.15) is 11.3 Å². The second-order valence-corrected chi connectivity index (χ2v) is 6.02. The summed E-state index contributed by atoms with van der Waals surface area (Å²) in [4.78, 5) is 0.934. The van der Waals surface area contributed by atoms with Crippen molar-refractivity contribution in [2.75, 3.05) is 0 Å². The van der Waals surface area contributed by atoms with Crippen molar-refractivity contribution in [3.8, 4) is 0 Å². The Balaban J connectivity index is 2.19. The van der Waals surface area contributed by atoms with Gasteiger partial charge in [0.2, 0.25) is 0 Å². The summed E-state index contributed by atoms with van der Waals surface area (Å²) < 4.78 is 5.90. The minimum atomic E-state index is -1.08. The molecule has 1 unspecified atom stereocenters. The maximum absolute atomic E-state index is 10.8. The van der Waals surface area contributed by atoms with E-state index >= 15 is 0 Å². The number of fused-ring (bicyclic) bond motifs is 1. The third-order valence-electron chi connectivity index (χ3n) is 3.52. The van der Waals surface area contributed by atoms with Crippen LogP contribution in [0.3, 0.4) is 0 Å². The van der Waals surface area contributed by atoms with Crippen LogP contribution < -0.4 is 0 Å². The monoisotopic (exact) mass is 272 g/mol. The van der Waals surface area contributed by atoms with E-state index in [9.17, 15) is 5.11 Å². The number of thiophene rings is 1. The van der Waals surface area contributed by atoms with Gasteiger partial charge >= 0.3 is 0 Å². The minimum absolute atomic E-state index is 0.599. The summed E-state index contributed by atoms with van der Waals surface area (Å²) in [5.41, 5.74) is 1.95. The molecule has 0 aliphatic carbocycles. The number of furan rings is 1. The Morgan fingerprint density at radius 3 is 2.58 bits per heavy atom. The Bertz CT molecular complexity index is 734. The van der Waals surface area contributed by atoms with Gasteiger partial charge in [-0.25, -0.2) is 0 Å². The van der Waals surface area contributed by atoms with Gasteiger partial charge in [0.05, 0.1) is 0 Å². The molecule has 98 valence electrons. The number of aryl methyl sites for hydroxylation is 2. The number of aliphatic hydroxyl groups is 1. The van der Waals surface area contributed by atoms with Crippen molar-refractivity contribution in [3.05, 3.63) is 57.5 Å². The van der Waals surface area contributed by atoms with Gasteiger partial charge in [-0.2, -0.15) is 0 Å². The second-order valence-electron chi connectivity index (χ2n) is 5.11. The average Bonchev–Trinajstić information content (AvgIpc) is 2.96. The smallest absolute Gasteiger partial charge is 0.154 e. The first-order valence-electron chi connectivity index (χ1n) is 6.27. The van der Waals surface area contributed by atoms with Crippen molar-refractivity contribution in [2.45, 2.75) is 26.4 Å². The molecule has 1 atom stereocenters. The van der Waals surface area contributed by atoms with Crippen molar-refractivity contribution in [2.24, 2.45) is 0 Å². The number of hydrogen-bond acceptors (Lipinski definition) is 3. The van der Waals surface area contributed by atoms with E-state index in [1.807, 2.05) is 49.6 Å². The van der Waals surface area contributed by atoms with Gasteiger partial charge in [-0.1, -0.05) is 18.2 Å². The normalized spacial score (nSPS) is 14.7. The van der Waals surface area contributed by atoms with Gasteiger partial charge < -0.3 is 9.52 Å². The molecule has 19 heavy (non-hydrogen) atoms. The molecule has 0 radical (unpaired) electrons. The fourth-order valence-corrected chi connectivity index (χ4v) is 3.42. The van der Waals surface area contributed by atoms with Crippen LogP contribution in [-0.2, 0) is 5.60 Å². The van der Waals surface area contributed by atoms with Crippen molar-refractivity contribution in [3.63, 3.8) is 0 Å². The van der Waals surface area contributed by atoms with E-state index in [1.165, 1.54) is 0 Å². The van der Waals surface area contributed by atoms with E-state index in [0.29, 0.717) is 5.76 Å². The summed E-state index contributed by atoms with van der Waals surface area (Å²) in [6.07, 6.45) is 0. The molecule has 3 heteroatoms. The maximum atomic E-state index is 10.8. The van der Waals surface area contributed by atoms with Gasteiger partial charge in [-0.05, 0) is 49.4 Å². The third kappa shape index (κ3) is 1.90. The van der Waals surface area contributed by atoms with Gasteiger partial charge in [-0.3, -0.25) is 0 Å². The van der Waals surface area contributed by atoms with E-state index in [1.54, 1.807) is 18.3 Å². The van der Waals surface area contributed by atoms with E-state index < -0.39 is 5.60 Å². The summed E-state index contributed by atoms with van der Waals surface area (Å²) in [5.74, 6) is 0.599. The van der Waals surface area contributed by atoms with Crippen LogP contribution in [0.2, 0.25) is 0 Å². The molecule has 0 saturated heterocycles. The third-order valence-corrected chi connectivity index (χ3v) is 4.75. The highest BCUT2D eigenvalue weighted by Crippen LogP contribution is 2.38. The van der Waals surface area contributed by atoms with Crippen molar-refractivity contribution in [1.29, 1.82) is 0 Å². The fourth-order valence-electron chi connectivity index (χ4n) is 2.43. The summed E-state index contributed by atoms with van der Waals surface area (Å²) in [7, 11) is 0. The number of benzene rings is 1. The number of hydrogen-bond donors (Lipinski definition) is 1. The standard InChI is InChI=1S/C16H16O2S/c1-10-5-4-6-12-9-13(18-14(10)12)16(3,17)15-11(2)7-8-19-15/h4-9,17H,1-3H3. The molecule has 0 fully saturated rings. The largest absolute Gasteiger partial charge is 0.457 e. The molecule has 1 aromatic carbocycles. The highest BCUT2D eigenvalue weighted by atomic mass is 32.1. The Morgan fingerprint density at radius 1 is 1.16 bits per heavy atom. The summed E-state index contributed by atoms with van der Waals surface area (Å²) in [5, 5.41) is 13.9. The number of rotatable bonds is 2. The molecule has 2 nitrogen and oxygen atoms in total. The van der Waals surface area contributed by atoms with Crippen molar-refractivity contribution < 1.29 is 9.52 Å². The first-order valence-corrected chi connectivity index (χ1v) is 7.14. The molecule has 3 rings (SSSR count). The summed E-state index contributed by atoms with van der Waals surface area (Å²) in [6, 6.07) is 9.97. The van der Waals surface area contributed by atoms with Crippen molar-refractivity contribution >= 4 is 22.3 Å². The van der Waals surface area contributed by atoms with Gasteiger partial charge in [0.25, 0.3) is 0 Å². The van der Waals surface area contributed by atoms with Crippen LogP contribution in [0.5, 0.6) is 0 Å². The molecule has 3 aromatic rings. The Kier molecular flexibility index (Phi) is 2.77. The maximum Gasteiger partial charge on any atom is 0.154 e. The first-order chi connectivity index (χ1) is 9.00. The highest BCUT2D eigenvalue weighted by Gasteiger charge is 2.32. The van der Waals surface area contributed by atoms with E-state index in [0.717, 1.165) is 27.0 Å². The SMILES string of the molecule is Cc1ccsc1C(C)(O)c1cc2cccc(C)c2o1. The lowest BCUT2D eigenvalue weighted by molar-refractivity contribution is 0.0818. The quantitative estimate of drug-likeness (QED) is 0.751. The predicted molar refractivity (Wildman–Crippen MR) is 78.7 cm³/mol. The van der Waals surface area contributed by atoms with Crippen LogP contribution in [0, 0.1) is 13.8 Å². The van der Waals surface area contributed by atoms with Crippen LogP contribution in [0.15, 0.2) is 40.1 Å². The fraction of sp³-hybridized carbons (Fsp3) is 0.250. The van der Waals surface area contributed by atoms with E-state index in [-0.39, 0.29) is 0 Å². The molecular formula is C16H16O2S. The van der Waals surface area contributed by atoms with E-state index in [4.69, 9.17) is 4.42 Å². The molecule has 2 aromatic heterocycles. The topological polar surface area (TPSA) is 33.4 Å². The zero-order valence-electron chi connectivity index (χ0n) is 11.2. The lowest BCUT2D eigenvalue weighted by atomic mass is 9.98. The Morgan fingerprint density at radius 2 is 1.95 bits per heavy atom. The molecule has 0 aliphatic heterocycles. The van der Waals surface area contributed by atoms with Crippen LogP contribution in [0.25, 0.3) is 11.0 Å². The zero-order chi connectivity index (χ0) is 13.6. The average molecular weight is 272 g/mol. The van der Waals surface area contributed by atoms with Crippen LogP contribution in [-0.4, -0.2) is 5.11 Å². The Hall–Kier alpha value is -1.58. The molecule has 0 aliphatic rings. The lowest BCUT2D eigenvalue weighted by Gasteiger charge is -2.20. The lowest BCUT2D eigenvalue weighted by Crippen LogP contribution is -2.21. The summed E-state index contributed by atoms with van der Waals surface area (Å²) in [6.45, 7) is 5.81. The molecule has 0 amide bonds. The molecule has 1 N–H and O–H groups in total. The molecule has 0 bridgehead atoms.